The molecule has 6 nitrogen and oxygen atoms in total. The Kier molecular flexibility index (Phi) is 5.65. The lowest BCUT2D eigenvalue weighted by molar-refractivity contribution is 0.218. The van der Waals surface area contributed by atoms with Crippen LogP contribution >= 0.6 is 11.8 Å². The summed E-state index contributed by atoms with van der Waals surface area (Å²) < 4.78 is 5.05. The number of methoxy groups -OCH3 is 1. The van der Waals surface area contributed by atoms with Crippen molar-refractivity contribution in [2.75, 3.05) is 49.8 Å². The Morgan fingerprint density at radius 1 is 1.21 bits per heavy atom. The van der Waals surface area contributed by atoms with Gasteiger partial charge in [0.25, 0.3) is 0 Å². The molecule has 0 aromatic carbocycles. The average Bonchev–Trinajstić information content (AvgIpc) is 2.48. The van der Waals surface area contributed by atoms with Crippen LogP contribution in [0.5, 0.6) is 0 Å². The largest absolute Gasteiger partial charge is 0.384 e. The van der Waals surface area contributed by atoms with Crippen LogP contribution in [-0.4, -0.2) is 54.6 Å². The van der Waals surface area contributed by atoms with E-state index in [0.29, 0.717) is 12.6 Å². The molecule has 106 valence electrons. The fourth-order valence-corrected chi connectivity index (χ4v) is 2.70. The molecule has 0 aliphatic carbocycles. The minimum Gasteiger partial charge on any atom is -0.384 e. The molecule has 1 aromatic heterocycles. The highest BCUT2D eigenvalue weighted by atomic mass is 32.2. The zero-order chi connectivity index (χ0) is 13.5. The highest BCUT2D eigenvalue weighted by molar-refractivity contribution is 7.99. The first-order chi connectivity index (χ1) is 9.33. The van der Waals surface area contributed by atoms with E-state index in [0.717, 1.165) is 29.9 Å². The molecule has 1 aliphatic rings. The molecule has 0 unspecified atom stereocenters. The molecule has 0 amide bonds. The summed E-state index contributed by atoms with van der Waals surface area (Å²) in [6.45, 7) is 2.77. The lowest BCUT2D eigenvalue weighted by Gasteiger charge is -2.26. The first-order valence-electron chi connectivity index (χ1n) is 6.64. The molecule has 0 saturated carbocycles. The van der Waals surface area contributed by atoms with Crippen molar-refractivity contribution >= 4 is 23.7 Å². The number of ether oxygens (including phenoxy) is 1. The zero-order valence-corrected chi connectivity index (χ0v) is 12.4. The van der Waals surface area contributed by atoms with Crippen molar-refractivity contribution in [1.29, 1.82) is 0 Å². The number of hydrogen-bond acceptors (Lipinski definition) is 7. The van der Waals surface area contributed by atoms with Crippen LogP contribution in [0.25, 0.3) is 0 Å². The number of nitrogens with zero attached hydrogens (tertiary/aromatic N) is 4. The van der Waals surface area contributed by atoms with E-state index in [2.05, 4.69) is 25.2 Å². The van der Waals surface area contributed by atoms with Crippen LogP contribution in [0.2, 0.25) is 0 Å². The van der Waals surface area contributed by atoms with Gasteiger partial charge in [-0.2, -0.15) is 15.0 Å². The summed E-state index contributed by atoms with van der Waals surface area (Å²) in [5.74, 6) is 2.28. The van der Waals surface area contributed by atoms with Crippen LogP contribution in [0.15, 0.2) is 5.16 Å². The van der Waals surface area contributed by atoms with Crippen molar-refractivity contribution < 1.29 is 4.74 Å². The van der Waals surface area contributed by atoms with Gasteiger partial charge in [-0.25, -0.2) is 0 Å². The van der Waals surface area contributed by atoms with Crippen LogP contribution in [-0.2, 0) is 4.74 Å². The van der Waals surface area contributed by atoms with Gasteiger partial charge in [-0.05, 0) is 19.3 Å². The van der Waals surface area contributed by atoms with E-state index < -0.39 is 0 Å². The molecule has 0 bridgehead atoms. The number of aromatic nitrogens is 3. The van der Waals surface area contributed by atoms with Crippen LogP contribution in [0.4, 0.5) is 11.9 Å². The summed E-state index contributed by atoms with van der Waals surface area (Å²) in [7, 11) is 3.53. The molecule has 7 heteroatoms. The van der Waals surface area contributed by atoms with E-state index in [1.165, 1.54) is 19.3 Å². The van der Waals surface area contributed by atoms with Gasteiger partial charge in [0.05, 0.1) is 6.61 Å². The van der Waals surface area contributed by atoms with Crippen molar-refractivity contribution in [3.8, 4) is 0 Å². The third kappa shape index (κ3) is 4.21. The molecular formula is C12H21N5OS. The van der Waals surface area contributed by atoms with Crippen LogP contribution < -0.4 is 10.2 Å². The molecule has 0 spiro atoms. The number of thioether (sulfide) groups is 1. The minimum atomic E-state index is 0.635. The number of rotatable bonds is 6. The van der Waals surface area contributed by atoms with Gasteiger partial charge in [0, 0.05) is 33.0 Å². The van der Waals surface area contributed by atoms with Crippen LogP contribution in [0.1, 0.15) is 19.3 Å². The number of hydrogen-bond donors (Lipinski definition) is 1. The molecule has 1 N–H and O–H groups in total. The number of piperidine rings is 1. The minimum absolute atomic E-state index is 0.635. The Morgan fingerprint density at radius 3 is 2.68 bits per heavy atom. The van der Waals surface area contributed by atoms with Crippen molar-refractivity contribution in [2.24, 2.45) is 0 Å². The molecule has 19 heavy (non-hydrogen) atoms. The molecule has 1 aliphatic heterocycles. The first kappa shape index (κ1) is 14.3. The number of nitrogens with one attached hydrogen (secondary N) is 1. The van der Waals surface area contributed by atoms with Gasteiger partial charge in [-0.15, -0.1) is 0 Å². The summed E-state index contributed by atoms with van der Waals surface area (Å²) in [5, 5.41) is 3.76. The van der Waals surface area contributed by atoms with Crippen molar-refractivity contribution in [3.05, 3.63) is 0 Å². The van der Waals surface area contributed by atoms with Gasteiger partial charge < -0.3 is 15.0 Å². The summed E-state index contributed by atoms with van der Waals surface area (Å²) in [6, 6.07) is 0. The van der Waals surface area contributed by atoms with Gasteiger partial charge in [-0.1, -0.05) is 11.8 Å². The Balaban J connectivity index is 2.10. The number of anilines is 2. The fraction of sp³-hybridized carbons (Fsp3) is 0.750. The maximum Gasteiger partial charge on any atom is 0.231 e. The predicted octanol–water partition coefficient (Wildman–Crippen LogP) is 1.64. The smallest absolute Gasteiger partial charge is 0.231 e. The standard InChI is InChI=1S/C12H21N5OS/c1-13-10-14-11(17-6-4-3-5-7-17)16-12(15-10)19-9-8-18-2/h3-9H2,1-2H3,(H,13,14,15,16). The molecule has 2 rings (SSSR count). The Bertz CT molecular complexity index is 398. The molecular weight excluding hydrogens is 262 g/mol. The highest BCUT2D eigenvalue weighted by Crippen LogP contribution is 2.21. The van der Waals surface area contributed by atoms with E-state index in [1.807, 2.05) is 7.05 Å². The monoisotopic (exact) mass is 283 g/mol. The molecule has 0 atom stereocenters. The first-order valence-corrected chi connectivity index (χ1v) is 7.62. The Labute approximate surface area is 118 Å². The third-order valence-corrected chi connectivity index (χ3v) is 3.80. The predicted molar refractivity (Wildman–Crippen MR) is 78.0 cm³/mol. The quantitative estimate of drug-likeness (QED) is 0.629. The summed E-state index contributed by atoms with van der Waals surface area (Å²) in [5.41, 5.74) is 0. The Hall–Kier alpha value is -1.08. The summed E-state index contributed by atoms with van der Waals surface area (Å²) >= 11 is 1.60. The van der Waals surface area contributed by atoms with E-state index in [1.54, 1.807) is 18.9 Å². The highest BCUT2D eigenvalue weighted by Gasteiger charge is 2.16. The fourth-order valence-electron chi connectivity index (χ4n) is 1.97. The zero-order valence-electron chi connectivity index (χ0n) is 11.6. The van der Waals surface area contributed by atoms with Crippen molar-refractivity contribution in [2.45, 2.75) is 24.4 Å². The Morgan fingerprint density at radius 2 is 2.00 bits per heavy atom. The summed E-state index contributed by atoms with van der Waals surface area (Å²) in [4.78, 5) is 15.6. The SMILES string of the molecule is CNc1nc(SCCOC)nc(N2CCCCC2)n1. The van der Waals surface area contributed by atoms with Gasteiger partial charge in [0.15, 0.2) is 5.16 Å². The maximum absolute atomic E-state index is 5.05. The van der Waals surface area contributed by atoms with Crippen LogP contribution in [0, 0.1) is 0 Å². The molecule has 0 radical (unpaired) electrons. The topological polar surface area (TPSA) is 63.2 Å². The lowest BCUT2D eigenvalue weighted by Crippen LogP contribution is -2.31. The second kappa shape index (κ2) is 7.49. The summed E-state index contributed by atoms with van der Waals surface area (Å²) in [6.07, 6.45) is 3.73. The van der Waals surface area contributed by atoms with E-state index in [-0.39, 0.29) is 0 Å². The molecule has 1 saturated heterocycles. The second-order valence-electron chi connectivity index (χ2n) is 4.38. The average molecular weight is 283 g/mol. The third-order valence-electron chi connectivity index (χ3n) is 2.98. The van der Waals surface area contributed by atoms with E-state index in [9.17, 15) is 0 Å². The van der Waals surface area contributed by atoms with Gasteiger partial charge in [0.1, 0.15) is 0 Å². The molecule has 1 aromatic rings. The maximum atomic E-state index is 5.05. The normalized spacial score (nSPS) is 15.6. The van der Waals surface area contributed by atoms with Crippen molar-refractivity contribution in [1.82, 2.24) is 15.0 Å². The van der Waals surface area contributed by atoms with Crippen LogP contribution in [0.3, 0.4) is 0 Å². The second-order valence-corrected chi connectivity index (χ2v) is 5.44. The van der Waals surface area contributed by atoms with Gasteiger partial charge in [-0.3, -0.25) is 0 Å². The van der Waals surface area contributed by atoms with Gasteiger partial charge >= 0.3 is 0 Å². The lowest BCUT2D eigenvalue weighted by atomic mass is 10.1. The van der Waals surface area contributed by atoms with Gasteiger partial charge in [0.2, 0.25) is 11.9 Å². The molecule has 1 fully saturated rings. The molecule has 2 heterocycles. The van der Waals surface area contributed by atoms with Crippen molar-refractivity contribution in [3.63, 3.8) is 0 Å². The van der Waals surface area contributed by atoms with E-state index in [4.69, 9.17) is 4.74 Å². The van der Waals surface area contributed by atoms with E-state index >= 15 is 0 Å².